The van der Waals surface area contributed by atoms with Gasteiger partial charge in [-0.15, -0.1) is 0 Å². The normalized spacial score (nSPS) is 16.6. The number of rotatable bonds is 5. The molecule has 27 heavy (non-hydrogen) atoms. The first-order chi connectivity index (χ1) is 12.8. The zero-order chi connectivity index (χ0) is 19.6. The molecular weight excluding hydrogens is 432 g/mol. The van der Waals surface area contributed by atoms with E-state index in [0.717, 1.165) is 10.2 Å². The molecule has 146 valence electrons. The van der Waals surface area contributed by atoms with Gasteiger partial charge in [0.25, 0.3) is 10.0 Å². The Bertz CT molecular complexity index is 918. The van der Waals surface area contributed by atoms with Gasteiger partial charge in [-0.2, -0.15) is 4.31 Å². The molecule has 1 amide bonds. The van der Waals surface area contributed by atoms with Crippen LogP contribution in [0.5, 0.6) is 0 Å². The topological polar surface area (TPSA) is 84.3 Å². The Balaban J connectivity index is 1.61. The zero-order valence-corrected chi connectivity index (χ0v) is 17.7. The van der Waals surface area contributed by atoms with Crippen molar-refractivity contribution < 1.29 is 13.2 Å². The molecule has 2 aromatic rings. The summed E-state index contributed by atoms with van der Waals surface area (Å²) in [5.74, 6) is -0.280. The minimum atomic E-state index is -3.62. The van der Waals surface area contributed by atoms with Crippen molar-refractivity contribution in [1.29, 1.82) is 0 Å². The Morgan fingerprint density at radius 3 is 2.59 bits per heavy atom. The molecule has 1 aromatic heterocycles. The molecule has 1 saturated heterocycles. The van der Waals surface area contributed by atoms with Crippen LogP contribution in [0.4, 0.5) is 5.69 Å². The first kappa shape index (κ1) is 20.0. The molecule has 1 fully saturated rings. The second kappa shape index (κ2) is 8.12. The second-order valence-corrected chi connectivity index (χ2v) is 9.73. The molecule has 0 radical (unpaired) electrons. The molecule has 0 spiro atoms. The zero-order valence-electron chi connectivity index (χ0n) is 15.3. The van der Waals surface area contributed by atoms with E-state index in [1.807, 2.05) is 38.1 Å². The van der Waals surface area contributed by atoms with Gasteiger partial charge in [-0.25, -0.2) is 13.4 Å². The summed E-state index contributed by atoms with van der Waals surface area (Å²) in [6.45, 7) is 4.56. The number of carbonyl (C=O) groups excluding carboxylic acids is 1. The van der Waals surface area contributed by atoms with Crippen molar-refractivity contribution in [3.8, 4) is 0 Å². The van der Waals surface area contributed by atoms with Crippen LogP contribution in [-0.4, -0.2) is 41.3 Å². The number of anilines is 1. The predicted molar refractivity (Wildman–Crippen MR) is 107 cm³/mol. The van der Waals surface area contributed by atoms with Crippen LogP contribution in [0.25, 0.3) is 0 Å². The highest BCUT2D eigenvalue weighted by molar-refractivity contribution is 9.10. The first-order valence-corrected chi connectivity index (χ1v) is 11.1. The summed E-state index contributed by atoms with van der Waals surface area (Å²) >= 11 is 3.38. The van der Waals surface area contributed by atoms with Crippen molar-refractivity contribution in [3.63, 3.8) is 0 Å². The highest BCUT2D eigenvalue weighted by Gasteiger charge is 2.33. The number of nitrogens with zero attached hydrogens (tertiary/aromatic N) is 3. The number of hydrogen-bond donors (Lipinski definition) is 1. The summed E-state index contributed by atoms with van der Waals surface area (Å²) in [7, 11) is -3.62. The van der Waals surface area contributed by atoms with Crippen LogP contribution in [-0.2, 0) is 14.8 Å². The minimum Gasteiger partial charge on any atom is -0.334 e. The number of sulfonamides is 1. The van der Waals surface area contributed by atoms with Gasteiger partial charge in [0.15, 0.2) is 5.03 Å². The van der Waals surface area contributed by atoms with Crippen LogP contribution in [0.2, 0.25) is 0 Å². The number of hydrogen-bond acceptors (Lipinski definition) is 4. The number of halogens is 1. The van der Waals surface area contributed by atoms with Crippen LogP contribution in [0, 0.1) is 5.92 Å². The molecule has 0 bridgehead atoms. The summed E-state index contributed by atoms with van der Waals surface area (Å²) in [5, 5.41) is 2.96. The van der Waals surface area contributed by atoms with Gasteiger partial charge < -0.3 is 9.88 Å². The van der Waals surface area contributed by atoms with Crippen molar-refractivity contribution in [1.82, 2.24) is 13.9 Å². The third-order valence-corrected chi connectivity index (χ3v) is 6.97. The van der Waals surface area contributed by atoms with Gasteiger partial charge in [-0.3, -0.25) is 4.79 Å². The number of imidazole rings is 1. The van der Waals surface area contributed by atoms with E-state index in [9.17, 15) is 13.2 Å². The van der Waals surface area contributed by atoms with E-state index in [1.165, 1.54) is 10.6 Å². The molecule has 1 aromatic carbocycles. The lowest BCUT2D eigenvalue weighted by molar-refractivity contribution is -0.120. The predicted octanol–water partition coefficient (Wildman–Crippen LogP) is 3.27. The van der Waals surface area contributed by atoms with Crippen LogP contribution < -0.4 is 5.32 Å². The largest absolute Gasteiger partial charge is 0.334 e. The molecule has 1 N–H and O–H groups in total. The van der Waals surface area contributed by atoms with E-state index in [2.05, 4.69) is 26.2 Å². The molecule has 0 unspecified atom stereocenters. The Hall–Kier alpha value is -1.71. The summed E-state index contributed by atoms with van der Waals surface area (Å²) in [6, 6.07) is 7.55. The van der Waals surface area contributed by atoms with Crippen molar-refractivity contribution in [3.05, 3.63) is 41.3 Å². The van der Waals surface area contributed by atoms with E-state index in [-0.39, 0.29) is 22.9 Å². The first-order valence-electron chi connectivity index (χ1n) is 8.87. The van der Waals surface area contributed by atoms with E-state index in [0.29, 0.717) is 25.9 Å². The summed E-state index contributed by atoms with van der Waals surface area (Å²) in [4.78, 5) is 16.5. The molecule has 0 saturated carbocycles. The Morgan fingerprint density at radius 2 is 2.00 bits per heavy atom. The number of aromatic nitrogens is 2. The number of carbonyl (C=O) groups is 1. The average molecular weight is 455 g/mol. The van der Waals surface area contributed by atoms with Crippen LogP contribution in [0.3, 0.4) is 0 Å². The average Bonchev–Trinajstić information content (AvgIpc) is 3.13. The minimum absolute atomic E-state index is 0.0632. The Morgan fingerprint density at radius 1 is 1.30 bits per heavy atom. The van der Waals surface area contributed by atoms with Gasteiger partial charge in [0.2, 0.25) is 5.91 Å². The molecule has 7 nitrogen and oxygen atoms in total. The number of amides is 1. The van der Waals surface area contributed by atoms with Gasteiger partial charge in [-0.1, -0.05) is 22.0 Å². The lowest BCUT2D eigenvalue weighted by Crippen LogP contribution is -2.41. The third kappa shape index (κ3) is 4.59. The standard InChI is InChI=1S/C18H23BrN4O3S/c1-13(2)22-11-17(20-12-22)27(25,26)23-8-6-14(7-9-23)18(24)21-16-5-3-4-15(19)10-16/h3-5,10-14H,6-9H2,1-2H3,(H,21,24). The fourth-order valence-electron chi connectivity index (χ4n) is 3.03. The lowest BCUT2D eigenvalue weighted by Gasteiger charge is -2.30. The molecular formula is C18H23BrN4O3S. The molecule has 0 aliphatic carbocycles. The highest BCUT2D eigenvalue weighted by atomic mass is 79.9. The van der Waals surface area contributed by atoms with Crippen LogP contribution >= 0.6 is 15.9 Å². The number of benzene rings is 1. The van der Waals surface area contributed by atoms with E-state index >= 15 is 0 Å². The third-order valence-electron chi connectivity index (χ3n) is 4.70. The van der Waals surface area contributed by atoms with Gasteiger partial charge in [0.05, 0.1) is 6.33 Å². The summed E-state index contributed by atoms with van der Waals surface area (Å²) in [5.41, 5.74) is 0.726. The molecule has 1 aliphatic rings. The molecule has 9 heteroatoms. The smallest absolute Gasteiger partial charge is 0.262 e. The lowest BCUT2D eigenvalue weighted by atomic mass is 9.97. The monoisotopic (exact) mass is 454 g/mol. The van der Waals surface area contributed by atoms with Gasteiger partial charge >= 0.3 is 0 Å². The number of piperidine rings is 1. The maximum Gasteiger partial charge on any atom is 0.262 e. The van der Waals surface area contributed by atoms with E-state index in [1.54, 1.807) is 10.8 Å². The molecule has 2 heterocycles. The quantitative estimate of drug-likeness (QED) is 0.750. The van der Waals surface area contributed by atoms with Crippen molar-refractivity contribution in [2.75, 3.05) is 18.4 Å². The maximum atomic E-state index is 12.8. The molecule has 0 atom stereocenters. The van der Waals surface area contributed by atoms with Gasteiger partial charge in [0, 0.05) is 41.4 Å². The van der Waals surface area contributed by atoms with Crippen molar-refractivity contribution in [2.45, 2.75) is 37.8 Å². The van der Waals surface area contributed by atoms with Crippen LogP contribution in [0.1, 0.15) is 32.7 Å². The van der Waals surface area contributed by atoms with Crippen molar-refractivity contribution in [2.24, 2.45) is 5.92 Å². The SMILES string of the molecule is CC(C)n1cnc(S(=O)(=O)N2CCC(C(=O)Nc3cccc(Br)c3)CC2)c1. The molecule has 1 aliphatic heterocycles. The Labute approximate surface area is 168 Å². The van der Waals surface area contributed by atoms with E-state index in [4.69, 9.17) is 0 Å². The van der Waals surface area contributed by atoms with Crippen molar-refractivity contribution >= 4 is 37.5 Å². The second-order valence-electron chi connectivity index (χ2n) is 6.93. The Kier molecular flexibility index (Phi) is 6.02. The number of nitrogens with one attached hydrogen (secondary N) is 1. The van der Waals surface area contributed by atoms with Gasteiger partial charge in [0.1, 0.15) is 0 Å². The van der Waals surface area contributed by atoms with Gasteiger partial charge in [-0.05, 0) is 44.9 Å². The van der Waals surface area contributed by atoms with E-state index < -0.39 is 10.0 Å². The molecule has 3 rings (SSSR count). The fraction of sp³-hybridized carbons (Fsp3) is 0.444. The fourth-order valence-corrected chi connectivity index (χ4v) is 4.83. The summed E-state index contributed by atoms with van der Waals surface area (Å²) in [6.07, 6.45) is 4.08. The van der Waals surface area contributed by atoms with Crippen LogP contribution in [0.15, 0.2) is 46.3 Å². The maximum absolute atomic E-state index is 12.8. The highest BCUT2D eigenvalue weighted by Crippen LogP contribution is 2.25. The summed E-state index contributed by atoms with van der Waals surface area (Å²) < 4.78 is 29.6.